The lowest BCUT2D eigenvalue weighted by Gasteiger charge is -2.16. The summed E-state index contributed by atoms with van der Waals surface area (Å²) in [6.45, 7) is 1.77. The number of hydrogen-bond donors (Lipinski definition) is 2. The standard InChI is InChI=1S/C18H17N3O4S/c1-10-13-15(19-9-20-16(13)26-14(10)18(24)25-2)21-12(17(22)23)8-11-6-4-3-5-7-11/h3-7,9,12H,8H2,1-2H3,(H,22,23)(H,19,20,21). The third kappa shape index (κ3) is 3.50. The summed E-state index contributed by atoms with van der Waals surface area (Å²) < 4.78 is 4.79. The number of nitrogens with one attached hydrogen (secondary N) is 1. The zero-order chi connectivity index (χ0) is 18.7. The van der Waals surface area contributed by atoms with Gasteiger partial charge in [-0.15, -0.1) is 11.3 Å². The lowest BCUT2D eigenvalue weighted by molar-refractivity contribution is -0.137. The number of ether oxygens (including phenoxy) is 1. The van der Waals surface area contributed by atoms with Gasteiger partial charge >= 0.3 is 11.9 Å². The summed E-state index contributed by atoms with van der Waals surface area (Å²) in [6.07, 6.45) is 1.65. The van der Waals surface area contributed by atoms with Crippen molar-refractivity contribution in [2.24, 2.45) is 0 Å². The van der Waals surface area contributed by atoms with E-state index >= 15 is 0 Å². The Morgan fingerprint density at radius 2 is 2.00 bits per heavy atom. The average Bonchev–Trinajstić information content (AvgIpc) is 2.99. The van der Waals surface area contributed by atoms with E-state index in [0.717, 1.165) is 5.56 Å². The lowest BCUT2D eigenvalue weighted by atomic mass is 10.1. The zero-order valence-corrected chi connectivity index (χ0v) is 15.0. The maximum absolute atomic E-state index is 11.9. The highest BCUT2D eigenvalue weighted by Gasteiger charge is 2.23. The van der Waals surface area contributed by atoms with E-state index in [4.69, 9.17) is 4.74 Å². The van der Waals surface area contributed by atoms with Gasteiger partial charge in [0.1, 0.15) is 27.9 Å². The van der Waals surface area contributed by atoms with Crippen LogP contribution in [0.2, 0.25) is 0 Å². The van der Waals surface area contributed by atoms with Crippen LogP contribution in [0.5, 0.6) is 0 Å². The molecule has 2 N–H and O–H groups in total. The third-order valence-electron chi connectivity index (χ3n) is 3.99. The van der Waals surface area contributed by atoms with Crippen LogP contribution in [0.3, 0.4) is 0 Å². The number of carbonyl (C=O) groups is 2. The Labute approximate surface area is 153 Å². The van der Waals surface area contributed by atoms with Crippen LogP contribution in [0, 0.1) is 6.92 Å². The predicted molar refractivity (Wildman–Crippen MR) is 98.7 cm³/mol. The lowest BCUT2D eigenvalue weighted by Crippen LogP contribution is -2.32. The molecule has 7 nitrogen and oxygen atoms in total. The fourth-order valence-corrected chi connectivity index (χ4v) is 3.75. The van der Waals surface area contributed by atoms with Gasteiger partial charge in [0.05, 0.1) is 12.5 Å². The normalized spacial score (nSPS) is 11.9. The molecule has 8 heteroatoms. The van der Waals surface area contributed by atoms with Crippen molar-refractivity contribution in [3.63, 3.8) is 0 Å². The molecule has 0 aliphatic rings. The topological polar surface area (TPSA) is 101 Å². The number of methoxy groups -OCH3 is 1. The monoisotopic (exact) mass is 371 g/mol. The summed E-state index contributed by atoms with van der Waals surface area (Å²) in [5.74, 6) is -1.04. The van der Waals surface area contributed by atoms with Crippen LogP contribution in [0.1, 0.15) is 20.8 Å². The number of carboxylic acids is 1. The van der Waals surface area contributed by atoms with Crippen molar-refractivity contribution in [1.29, 1.82) is 0 Å². The molecule has 0 amide bonds. The molecular weight excluding hydrogens is 354 g/mol. The SMILES string of the molecule is COC(=O)c1sc2ncnc(NC(Cc3ccccc3)C(=O)O)c2c1C. The number of esters is 1. The molecule has 0 spiro atoms. The number of benzene rings is 1. The van der Waals surface area contributed by atoms with E-state index in [1.165, 1.54) is 24.8 Å². The van der Waals surface area contributed by atoms with Crippen molar-refractivity contribution >= 4 is 39.3 Å². The minimum Gasteiger partial charge on any atom is -0.480 e. The molecule has 0 fully saturated rings. The Kier molecular flexibility index (Phi) is 5.13. The Hall–Kier alpha value is -3.00. The number of nitrogens with zero attached hydrogens (tertiary/aromatic N) is 2. The molecule has 0 aliphatic carbocycles. The quantitative estimate of drug-likeness (QED) is 0.642. The summed E-state index contributed by atoms with van der Waals surface area (Å²) in [5.41, 5.74) is 1.57. The second-order valence-electron chi connectivity index (χ2n) is 5.68. The maximum Gasteiger partial charge on any atom is 0.348 e. The van der Waals surface area contributed by atoms with Crippen molar-refractivity contribution in [3.8, 4) is 0 Å². The summed E-state index contributed by atoms with van der Waals surface area (Å²) >= 11 is 1.20. The van der Waals surface area contributed by atoms with Gasteiger partial charge in [0, 0.05) is 6.42 Å². The second-order valence-corrected chi connectivity index (χ2v) is 6.67. The van der Waals surface area contributed by atoms with E-state index < -0.39 is 18.0 Å². The molecule has 1 unspecified atom stereocenters. The largest absolute Gasteiger partial charge is 0.480 e. The first kappa shape index (κ1) is 17.8. The van der Waals surface area contributed by atoms with E-state index in [-0.39, 0.29) is 0 Å². The number of aromatic nitrogens is 2. The van der Waals surface area contributed by atoms with Crippen LogP contribution >= 0.6 is 11.3 Å². The van der Waals surface area contributed by atoms with E-state index in [1.54, 1.807) is 6.92 Å². The fourth-order valence-electron chi connectivity index (χ4n) is 2.68. The second kappa shape index (κ2) is 7.49. The first-order valence-corrected chi connectivity index (χ1v) is 8.68. The van der Waals surface area contributed by atoms with Crippen LogP contribution in [0.4, 0.5) is 5.82 Å². The summed E-state index contributed by atoms with van der Waals surface area (Å²) in [4.78, 5) is 33.0. The van der Waals surface area contributed by atoms with Crippen molar-refractivity contribution in [3.05, 3.63) is 52.7 Å². The zero-order valence-electron chi connectivity index (χ0n) is 14.2. The number of fused-ring (bicyclic) bond motifs is 1. The number of rotatable bonds is 6. The highest BCUT2D eigenvalue weighted by molar-refractivity contribution is 7.20. The number of aliphatic carboxylic acids is 1. The highest BCUT2D eigenvalue weighted by Crippen LogP contribution is 2.34. The Morgan fingerprint density at radius 1 is 1.27 bits per heavy atom. The molecule has 0 saturated heterocycles. The average molecular weight is 371 g/mol. The number of thiophene rings is 1. The molecule has 134 valence electrons. The number of hydrogen-bond acceptors (Lipinski definition) is 7. The summed E-state index contributed by atoms with van der Waals surface area (Å²) in [5, 5.41) is 13.2. The molecule has 2 heterocycles. The van der Waals surface area contributed by atoms with E-state index in [1.807, 2.05) is 30.3 Å². The van der Waals surface area contributed by atoms with Gasteiger partial charge in [-0.3, -0.25) is 0 Å². The molecule has 0 radical (unpaired) electrons. The molecule has 0 aliphatic heterocycles. The number of aryl methyl sites for hydroxylation is 1. The molecule has 1 aromatic carbocycles. The van der Waals surface area contributed by atoms with Gasteiger partial charge in [-0.05, 0) is 18.1 Å². The first-order valence-electron chi connectivity index (χ1n) is 7.87. The van der Waals surface area contributed by atoms with Crippen molar-refractivity contribution < 1.29 is 19.4 Å². The fraction of sp³-hybridized carbons (Fsp3) is 0.222. The van der Waals surface area contributed by atoms with Crippen LogP contribution in [-0.4, -0.2) is 40.2 Å². The number of carboxylic acid groups (broad SMARTS) is 1. The minimum absolute atomic E-state index is 0.300. The van der Waals surface area contributed by atoms with E-state index in [9.17, 15) is 14.7 Å². The molecule has 1 atom stereocenters. The number of anilines is 1. The Morgan fingerprint density at radius 3 is 2.65 bits per heavy atom. The van der Waals surface area contributed by atoms with Crippen LogP contribution < -0.4 is 5.32 Å². The van der Waals surface area contributed by atoms with Crippen LogP contribution in [0.15, 0.2) is 36.7 Å². The van der Waals surface area contributed by atoms with Gasteiger partial charge in [0.2, 0.25) is 0 Å². The van der Waals surface area contributed by atoms with Crippen molar-refractivity contribution in [2.45, 2.75) is 19.4 Å². The van der Waals surface area contributed by atoms with Crippen LogP contribution in [0.25, 0.3) is 10.2 Å². The molecule has 0 bridgehead atoms. The van der Waals surface area contributed by atoms with Crippen molar-refractivity contribution in [1.82, 2.24) is 9.97 Å². The van der Waals surface area contributed by atoms with Crippen LogP contribution in [-0.2, 0) is 16.0 Å². The smallest absolute Gasteiger partial charge is 0.348 e. The Balaban J connectivity index is 1.97. The number of carbonyl (C=O) groups excluding carboxylic acids is 1. The first-order chi connectivity index (χ1) is 12.5. The summed E-state index contributed by atoms with van der Waals surface area (Å²) in [7, 11) is 1.32. The van der Waals surface area contributed by atoms with Gasteiger partial charge in [-0.1, -0.05) is 30.3 Å². The molecular formula is C18H17N3O4S. The minimum atomic E-state index is -0.985. The maximum atomic E-state index is 11.9. The molecule has 3 aromatic rings. The summed E-state index contributed by atoms with van der Waals surface area (Å²) in [6, 6.07) is 8.49. The highest BCUT2D eigenvalue weighted by atomic mass is 32.1. The van der Waals surface area contributed by atoms with Gasteiger partial charge in [-0.2, -0.15) is 0 Å². The predicted octanol–water partition coefficient (Wildman–Crippen LogP) is 2.89. The molecule has 2 aromatic heterocycles. The Bertz CT molecular complexity index is 956. The van der Waals surface area contributed by atoms with E-state index in [0.29, 0.717) is 32.9 Å². The molecule has 3 rings (SSSR count). The molecule has 0 saturated carbocycles. The molecule has 26 heavy (non-hydrogen) atoms. The van der Waals surface area contributed by atoms with Gasteiger partial charge in [0.25, 0.3) is 0 Å². The van der Waals surface area contributed by atoms with Crippen molar-refractivity contribution in [2.75, 3.05) is 12.4 Å². The van der Waals surface area contributed by atoms with Gasteiger partial charge in [0.15, 0.2) is 0 Å². The van der Waals surface area contributed by atoms with Gasteiger partial charge < -0.3 is 15.2 Å². The van der Waals surface area contributed by atoms with Gasteiger partial charge in [-0.25, -0.2) is 19.6 Å². The third-order valence-corrected chi connectivity index (χ3v) is 5.17. The van der Waals surface area contributed by atoms with E-state index in [2.05, 4.69) is 15.3 Å².